The van der Waals surface area contributed by atoms with E-state index >= 15 is 0 Å². The van der Waals surface area contributed by atoms with Crippen LogP contribution in [0, 0.1) is 0 Å². The van der Waals surface area contributed by atoms with E-state index in [1.54, 1.807) is 18.1 Å². The SMILES string of the molecule is c1ccc(CSc2nnc(-c3ccc4ccccc4c3)n2CCCc2c[nH]cn2)cc1. The number of rotatable bonds is 8. The fraction of sp³-hybridized carbons (Fsp3) is 0.160. The number of hydrogen-bond donors (Lipinski definition) is 1. The summed E-state index contributed by atoms with van der Waals surface area (Å²) >= 11 is 1.73. The van der Waals surface area contributed by atoms with Gasteiger partial charge in [0.25, 0.3) is 0 Å². The molecule has 1 N–H and O–H groups in total. The van der Waals surface area contributed by atoms with Crippen LogP contribution in [0.5, 0.6) is 0 Å². The largest absolute Gasteiger partial charge is 0.351 e. The fourth-order valence-electron chi connectivity index (χ4n) is 3.71. The van der Waals surface area contributed by atoms with Crippen LogP contribution >= 0.6 is 11.8 Å². The Kier molecular flexibility index (Phi) is 5.80. The molecule has 0 radical (unpaired) electrons. The van der Waals surface area contributed by atoms with Gasteiger partial charge in [-0.05, 0) is 35.2 Å². The highest BCUT2D eigenvalue weighted by Gasteiger charge is 2.15. The number of hydrogen-bond acceptors (Lipinski definition) is 4. The Bertz CT molecular complexity index is 1260. The van der Waals surface area contributed by atoms with Crippen molar-refractivity contribution in [2.24, 2.45) is 0 Å². The van der Waals surface area contributed by atoms with Crippen LogP contribution in [0.25, 0.3) is 22.2 Å². The molecule has 154 valence electrons. The van der Waals surface area contributed by atoms with Crippen molar-refractivity contribution in [2.75, 3.05) is 0 Å². The van der Waals surface area contributed by atoms with Gasteiger partial charge >= 0.3 is 0 Å². The van der Waals surface area contributed by atoms with E-state index < -0.39 is 0 Å². The molecule has 2 aromatic heterocycles. The first-order valence-corrected chi connectivity index (χ1v) is 11.4. The lowest BCUT2D eigenvalue weighted by Gasteiger charge is -2.11. The van der Waals surface area contributed by atoms with Crippen molar-refractivity contribution < 1.29 is 0 Å². The first kappa shape index (κ1) is 19.6. The maximum Gasteiger partial charge on any atom is 0.191 e. The zero-order valence-corrected chi connectivity index (χ0v) is 17.9. The zero-order chi connectivity index (χ0) is 20.9. The van der Waals surface area contributed by atoms with Crippen LogP contribution in [-0.2, 0) is 18.7 Å². The van der Waals surface area contributed by atoms with E-state index in [1.165, 1.54) is 16.3 Å². The molecule has 0 fully saturated rings. The Balaban J connectivity index is 1.43. The lowest BCUT2D eigenvalue weighted by molar-refractivity contribution is 0.596. The number of aryl methyl sites for hydroxylation is 1. The number of fused-ring (bicyclic) bond motifs is 1. The van der Waals surface area contributed by atoms with Crippen molar-refractivity contribution in [3.63, 3.8) is 0 Å². The predicted molar refractivity (Wildman–Crippen MR) is 126 cm³/mol. The summed E-state index contributed by atoms with van der Waals surface area (Å²) < 4.78 is 2.25. The third-order valence-corrected chi connectivity index (χ3v) is 6.34. The number of nitrogens with zero attached hydrogens (tertiary/aromatic N) is 4. The Morgan fingerprint density at radius 1 is 0.871 bits per heavy atom. The first-order chi connectivity index (χ1) is 15.4. The van der Waals surface area contributed by atoms with Crippen LogP contribution in [0.2, 0.25) is 0 Å². The van der Waals surface area contributed by atoms with Gasteiger partial charge in [0, 0.05) is 24.1 Å². The molecule has 31 heavy (non-hydrogen) atoms. The molecule has 0 saturated carbocycles. The number of benzene rings is 3. The van der Waals surface area contributed by atoms with Gasteiger partial charge in [0.15, 0.2) is 11.0 Å². The number of aromatic amines is 1. The zero-order valence-electron chi connectivity index (χ0n) is 17.1. The van der Waals surface area contributed by atoms with Crippen LogP contribution in [0.15, 0.2) is 90.5 Å². The highest BCUT2D eigenvalue weighted by Crippen LogP contribution is 2.29. The molecule has 0 saturated heterocycles. The molecule has 5 nitrogen and oxygen atoms in total. The molecule has 0 aliphatic heterocycles. The average Bonchev–Trinajstić information content (AvgIpc) is 3.48. The smallest absolute Gasteiger partial charge is 0.191 e. The second-order valence-corrected chi connectivity index (χ2v) is 8.40. The minimum absolute atomic E-state index is 0.846. The standard InChI is InChI=1S/C25H23N5S/c1-2-7-19(8-3-1)17-31-25-29-28-24(30(25)14-6-11-23-16-26-18-27-23)22-13-12-20-9-4-5-10-21(20)15-22/h1-5,7-10,12-13,15-16,18H,6,11,14,17H2,(H,26,27). The molecule has 0 spiro atoms. The van der Waals surface area contributed by atoms with Gasteiger partial charge in [0.05, 0.1) is 12.0 Å². The van der Waals surface area contributed by atoms with Gasteiger partial charge in [0.2, 0.25) is 0 Å². The van der Waals surface area contributed by atoms with Crippen LogP contribution in [-0.4, -0.2) is 24.7 Å². The molecule has 0 bridgehead atoms. The number of imidazole rings is 1. The Labute approximate surface area is 185 Å². The van der Waals surface area contributed by atoms with Gasteiger partial charge < -0.3 is 9.55 Å². The van der Waals surface area contributed by atoms with Gasteiger partial charge in [0.1, 0.15) is 0 Å². The monoisotopic (exact) mass is 425 g/mol. The molecule has 0 atom stereocenters. The highest BCUT2D eigenvalue weighted by atomic mass is 32.2. The second-order valence-electron chi connectivity index (χ2n) is 7.46. The fourth-order valence-corrected chi connectivity index (χ4v) is 4.63. The summed E-state index contributed by atoms with van der Waals surface area (Å²) in [4.78, 5) is 7.38. The lowest BCUT2D eigenvalue weighted by Crippen LogP contribution is -2.04. The highest BCUT2D eigenvalue weighted by molar-refractivity contribution is 7.98. The molecule has 0 aliphatic rings. The Morgan fingerprint density at radius 2 is 1.71 bits per heavy atom. The minimum atomic E-state index is 0.846. The molecule has 5 rings (SSSR count). The third kappa shape index (κ3) is 4.54. The predicted octanol–water partition coefficient (Wildman–Crippen LogP) is 5.75. The molecule has 0 aliphatic carbocycles. The van der Waals surface area contributed by atoms with Gasteiger partial charge in [-0.15, -0.1) is 10.2 Å². The van der Waals surface area contributed by atoms with Crippen LogP contribution in [0.3, 0.4) is 0 Å². The summed E-state index contributed by atoms with van der Waals surface area (Å²) in [7, 11) is 0. The van der Waals surface area contributed by atoms with E-state index in [-0.39, 0.29) is 0 Å². The normalized spacial score (nSPS) is 11.2. The van der Waals surface area contributed by atoms with Crippen LogP contribution in [0.1, 0.15) is 17.7 Å². The van der Waals surface area contributed by atoms with Crippen molar-refractivity contribution in [3.8, 4) is 11.4 Å². The molecular weight excluding hydrogens is 402 g/mol. The second kappa shape index (κ2) is 9.18. The van der Waals surface area contributed by atoms with E-state index in [9.17, 15) is 0 Å². The molecule has 2 heterocycles. The van der Waals surface area contributed by atoms with E-state index in [0.29, 0.717) is 0 Å². The Hall–Kier alpha value is -3.38. The van der Waals surface area contributed by atoms with E-state index in [1.807, 2.05) is 12.3 Å². The summed E-state index contributed by atoms with van der Waals surface area (Å²) in [6.07, 6.45) is 5.58. The van der Waals surface area contributed by atoms with Crippen LogP contribution in [0.4, 0.5) is 0 Å². The van der Waals surface area contributed by atoms with Gasteiger partial charge in [-0.3, -0.25) is 0 Å². The van der Waals surface area contributed by atoms with E-state index in [2.05, 4.69) is 91.5 Å². The topological polar surface area (TPSA) is 59.4 Å². The minimum Gasteiger partial charge on any atom is -0.351 e. The molecule has 0 amide bonds. The molecule has 3 aromatic carbocycles. The van der Waals surface area contributed by atoms with Crippen molar-refractivity contribution in [1.29, 1.82) is 0 Å². The first-order valence-electron chi connectivity index (χ1n) is 10.4. The third-order valence-electron chi connectivity index (χ3n) is 5.30. The van der Waals surface area contributed by atoms with E-state index in [0.717, 1.165) is 47.4 Å². The van der Waals surface area contributed by atoms with Crippen molar-refractivity contribution >= 4 is 22.5 Å². The molecule has 5 aromatic rings. The number of H-pyrrole nitrogens is 1. The summed E-state index contributed by atoms with van der Waals surface area (Å²) in [6, 6.07) is 25.4. The van der Waals surface area contributed by atoms with Crippen molar-refractivity contribution in [3.05, 3.63) is 96.6 Å². The lowest BCUT2D eigenvalue weighted by atomic mass is 10.1. The van der Waals surface area contributed by atoms with E-state index in [4.69, 9.17) is 0 Å². The summed E-state index contributed by atoms with van der Waals surface area (Å²) in [6.45, 7) is 0.846. The summed E-state index contributed by atoms with van der Waals surface area (Å²) in [5.74, 6) is 1.79. The van der Waals surface area contributed by atoms with Crippen LogP contribution < -0.4 is 0 Å². The molecule has 6 heteroatoms. The number of thioether (sulfide) groups is 1. The maximum absolute atomic E-state index is 4.59. The quantitative estimate of drug-likeness (QED) is 0.322. The Morgan fingerprint density at radius 3 is 2.55 bits per heavy atom. The summed E-state index contributed by atoms with van der Waals surface area (Å²) in [5, 5.41) is 12.5. The average molecular weight is 426 g/mol. The summed E-state index contributed by atoms with van der Waals surface area (Å²) in [5.41, 5.74) is 3.46. The van der Waals surface area contributed by atoms with Gasteiger partial charge in [-0.1, -0.05) is 78.5 Å². The van der Waals surface area contributed by atoms with Gasteiger partial charge in [-0.25, -0.2) is 4.98 Å². The maximum atomic E-state index is 4.59. The van der Waals surface area contributed by atoms with Crippen molar-refractivity contribution in [2.45, 2.75) is 30.3 Å². The molecular formula is C25H23N5S. The molecule has 0 unspecified atom stereocenters. The van der Waals surface area contributed by atoms with Crippen molar-refractivity contribution in [1.82, 2.24) is 24.7 Å². The number of aromatic nitrogens is 5. The number of nitrogens with one attached hydrogen (secondary N) is 1. The van der Waals surface area contributed by atoms with Gasteiger partial charge in [-0.2, -0.15) is 0 Å².